The van der Waals surface area contributed by atoms with E-state index in [-0.39, 0.29) is 5.91 Å². The molecule has 1 aromatic carbocycles. The first-order valence-electron chi connectivity index (χ1n) is 12.4. The van der Waals surface area contributed by atoms with Crippen molar-refractivity contribution in [3.05, 3.63) is 41.5 Å². The summed E-state index contributed by atoms with van der Waals surface area (Å²) in [6.45, 7) is 6.91. The number of aromatic nitrogens is 1. The minimum absolute atomic E-state index is 0.0407. The molecule has 3 aliphatic rings. The van der Waals surface area contributed by atoms with Gasteiger partial charge in [-0.3, -0.25) is 9.69 Å². The minimum atomic E-state index is 0.0407. The number of unbranched alkanes of at least 4 members (excludes halogenated alkanes) is 1. The molecule has 1 saturated heterocycles. The standard InChI is InChI=1S/C26H34N4O3/c31-24-10-3-6-20-11-12-25(28-26(20)27-24)33-18-2-1-13-29-14-16-30(17-15-29)22-8-4-9-23-21(22)7-5-19-32-23/h4,8-9,11-12H,1-3,5-7,10,13-19H2,(H,27,28,31). The molecule has 3 aliphatic heterocycles. The van der Waals surface area contributed by atoms with Crippen molar-refractivity contribution in [2.75, 3.05) is 56.2 Å². The van der Waals surface area contributed by atoms with E-state index in [1.165, 1.54) is 11.3 Å². The van der Waals surface area contributed by atoms with E-state index in [0.29, 0.717) is 24.7 Å². The summed E-state index contributed by atoms with van der Waals surface area (Å²) in [6.07, 6.45) is 6.65. The number of nitrogens with zero attached hydrogens (tertiary/aromatic N) is 3. The molecular weight excluding hydrogens is 416 g/mol. The van der Waals surface area contributed by atoms with Crippen LogP contribution in [0.1, 0.15) is 43.2 Å². The number of benzene rings is 1. The van der Waals surface area contributed by atoms with Gasteiger partial charge in [-0.2, -0.15) is 4.98 Å². The molecule has 1 fully saturated rings. The van der Waals surface area contributed by atoms with E-state index >= 15 is 0 Å². The maximum Gasteiger partial charge on any atom is 0.225 e. The predicted octanol–water partition coefficient (Wildman–Crippen LogP) is 3.66. The van der Waals surface area contributed by atoms with Crippen LogP contribution in [0.5, 0.6) is 11.6 Å². The fraction of sp³-hybridized carbons (Fsp3) is 0.538. The summed E-state index contributed by atoms with van der Waals surface area (Å²) in [7, 11) is 0. The summed E-state index contributed by atoms with van der Waals surface area (Å²) in [5.74, 6) is 2.38. The lowest BCUT2D eigenvalue weighted by Crippen LogP contribution is -2.47. The van der Waals surface area contributed by atoms with Crippen LogP contribution in [0.3, 0.4) is 0 Å². The lowest BCUT2D eigenvalue weighted by molar-refractivity contribution is -0.116. The van der Waals surface area contributed by atoms with E-state index in [4.69, 9.17) is 9.47 Å². The van der Waals surface area contributed by atoms with Gasteiger partial charge in [-0.25, -0.2) is 0 Å². The molecule has 7 heteroatoms. The monoisotopic (exact) mass is 450 g/mol. The lowest BCUT2D eigenvalue weighted by Gasteiger charge is -2.37. The first kappa shape index (κ1) is 22.0. The number of amides is 1. The third kappa shape index (κ3) is 5.41. The highest BCUT2D eigenvalue weighted by molar-refractivity contribution is 5.91. The normalized spacial score (nSPS) is 18.5. The molecule has 0 bridgehead atoms. The Bertz CT molecular complexity index is 972. The smallest absolute Gasteiger partial charge is 0.225 e. The highest BCUT2D eigenvalue weighted by Gasteiger charge is 2.22. The number of piperazine rings is 1. The van der Waals surface area contributed by atoms with Crippen molar-refractivity contribution in [1.29, 1.82) is 0 Å². The Morgan fingerprint density at radius 2 is 1.91 bits per heavy atom. The van der Waals surface area contributed by atoms with Gasteiger partial charge in [0.1, 0.15) is 11.6 Å². The zero-order valence-electron chi connectivity index (χ0n) is 19.4. The quantitative estimate of drug-likeness (QED) is 0.650. The Balaban J connectivity index is 1.03. The summed E-state index contributed by atoms with van der Waals surface area (Å²) >= 11 is 0. The lowest BCUT2D eigenvalue weighted by atomic mass is 10.0. The number of ether oxygens (including phenoxy) is 2. The van der Waals surface area contributed by atoms with Crippen LogP contribution in [0.4, 0.5) is 11.5 Å². The topological polar surface area (TPSA) is 66.9 Å². The maximum atomic E-state index is 11.8. The minimum Gasteiger partial charge on any atom is -0.493 e. The van der Waals surface area contributed by atoms with Gasteiger partial charge in [0.25, 0.3) is 0 Å². The molecule has 5 rings (SSSR count). The van der Waals surface area contributed by atoms with Gasteiger partial charge in [0, 0.05) is 49.9 Å². The Kier molecular flexibility index (Phi) is 6.95. The van der Waals surface area contributed by atoms with Gasteiger partial charge in [-0.15, -0.1) is 0 Å². The molecule has 0 unspecified atom stereocenters. The molecule has 1 aromatic heterocycles. The molecule has 0 spiro atoms. The van der Waals surface area contributed by atoms with Gasteiger partial charge in [0.15, 0.2) is 0 Å². The van der Waals surface area contributed by atoms with Crippen LogP contribution >= 0.6 is 0 Å². The average Bonchev–Trinajstić information content (AvgIpc) is 3.04. The first-order chi connectivity index (χ1) is 16.3. The summed E-state index contributed by atoms with van der Waals surface area (Å²) in [5, 5.41) is 2.89. The molecule has 0 aliphatic carbocycles. The van der Waals surface area contributed by atoms with Crippen molar-refractivity contribution in [1.82, 2.24) is 9.88 Å². The van der Waals surface area contributed by atoms with Crippen LogP contribution in [0.15, 0.2) is 30.3 Å². The van der Waals surface area contributed by atoms with Crippen LogP contribution < -0.4 is 19.7 Å². The molecule has 176 valence electrons. The van der Waals surface area contributed by atoms with Gasteiger partial charge < -0.3 is 19.7 Å². The van der Waals surface area contributed by atoms with E-state index in [9.17, 15) is 4.79 Å². The second-order valence-electron chi connectivity index (χ2n) is 9.15. The number of rotatable bonds is 7. The molecule has 7 nitrogen and oxygen atoms in total. The number of carbonyl (C=O) groups excluding carboxylic acids is 1. The Morgan fingerprint density at radius 3 is 2.82 bits per heavy atom. The first-order valence-corrected chi connectivity index (χ1v) is 12.4. The summed E-state index contributed by atoms with van der Waals surface area (Å²) < 4.78 is 11.7. The van der Waals surface area contributed by atoms with Crippen LogP contribution in [0.25, 0.3) is 0 Å². The predicted molar refractivity (Wildman–Crippen MR) is 129 cm³/mol. The zero-order chi connectivity index (χ0) is 22.5. The largest absolute Gasteiger partial charge is 0.493 e. The number of pyridine rings is 1. The van der Waals surface area contributed by atoms with Gasteiger partial charge in [-0.05, 0) is 68.8 Å². The molecule has 0 atom stereocenters. The SMILES string of the molecule is O=C1CCCc2ccc(OCCCCN3CCN(c4cccc5c4CCCO5)CC3)nc2N1. The highest BCUT2D eigenvalue weighted by Crippen LogP contribution is 2.33. The van der Waals surface area contributed by atoms with Crippen LogP contribution in [0, 0.1) is 0 Å². The van der Waals surface area contributed by atoms with Gasteiger partial charge in [0.2, 0.25) is 11.8 Å². The van der Waals surface area contributed by atoms with Gasteiger partial charge in [0.05, 0.1) is 13.2 Å². The van der Waals surface area contributed by atoms with Crippen LogP contribution in [-0.2, 0) is 17.6 Å². The second-order valence-corrected chi connectivity index (χ2v) is 9.15. The number of hydrogen-bond acceptors (Lipinski definition) is 6. The molecule has 0 radical (unpaired) electrons. The van der Waals surface area contributed by atoms with Crippen molar-refractivity contribution in [2.45, 2.75) is 44.9 Å². The fourth-order valence-electron chi connectivity index (χ4n) is 4.99. The van der Waals surface area contributed by atoms with Crippen LogP contribution in [0.2, 0.25) is 0 Å². The Morgan fingerprint density at radius 1 is 1.00 bits per heavy atom. The Hall–Kier alpha value is -2.80. The summed E-state index contributed by atoms with van der Waals surface area (Å²) in [5.41, 5.74) is 3.85. The highest BCUT2D eigenvalue weighted by atomic mass is 16.5. The van der Waals surface area contributed by atoms with Crippen molar-refractivity contribution in [2.24, 2.45) is 0 Å². The Labute approximate surface area is 196 Å². The van der Waals surface area contributed by atoms with Gasteiger partial charge in [-0.1, -0.05) is 6.07 Å². The number of anilines is 2. The van der Waals surface area contributed by atoms with Crippen molar-refractivity contribution < 1.29 is 14.3 Å². The van der Waals surface area contributed by atoms with E-state index in [2.05, 4.69) is 38.3 Å². The van der Waals surface area contributed by atoms with Crippen molar-refractivity contribution >= 4 is 17.4 Å². The van der Waals surface area contributed by atoms with E-state index in [0.717, 1.165) is 89.2 Å². The number of fused-ring (bicyclic) bond motifs is 2. The number of hydrogen-bond donors (Lipinski definition) is 1. The fourth-order valence-corrected chi connectivity index (χ4v) is 4.99. The number of nitrogens with one attached hydrogen (secondary N) is 1. The van der Waals surface area contributed by atoms with Crippen LogP contribution in [-0.4, -0.2) is 61.7 Å². The molecular formula is C26H34N4O3. The molecule has 2 aromatic rings. The van der Waals surface area contributed by atoms with Crippen molar-refractivity contribution in [3.8, 4) is 11.6 Å². The number of aryl methyl sites for hydroxylation is 1. The maximum absolute atomic E-state index is 11.8. The van der Waals surface area contributed by atoms with E-state index < -0.39 is 0 Å². The molecule has 4 heterocycles. The summed E-state index contributed by atoms with van der Waals surface area (Å²) in [4.78, 5) is 21.3. The third-order valence-electron chi connectivity index (χ3n) is 6.83. The average molecular weight is 451 g/mol. The van der Waals surface area contributed by atoms with E-state index in [1.54, 1.807) is 0 Å². The molecule has 1 N–H and O–H groups in total. The second kappa shape index (κ2) is 10.4. The number of carbonyl (C=O) groups is 1. The zero-order valence-corrected chi connectivity index (χ0v) is 19.4. The van der Waals surface area contributed by atoms with Crippen molar-refractivity contribution in [3.63, 3.8) is 0 Å². The molecule has 33 heavy (non-hydrogen) atoms. The molecule has 0 saturated carbocycles. The van der Waals surface area contributed by atoms with Gasteiger partial charge >= 0.3 is 0 Å². The molecule has 1 amide bonds. The van der Waals surface area contributed by atoms with E-state index in [1.807, 2.05) is 12.1 Å². The summed E-state index contributed by atoms with van der Waals surface area (Å²) in [6, 6.07) is 10.4. The third-order valence-corrected chi connectivity index (χ3v) is 6.83.